The number of hydrogen-bond acceptors (Lipinski definition) is 7. The average molecular weight is 364 g/mol. The second kappa shape index (κ2) is 7.99. The number of anilines is 2. The molecule has 3 aromatic rings. The minimum atomic E-state index is -1.41. The number of ether oxygens (including phenoxy) is 1. The van der Waals surface area contributed by atoms with E-state index in [2.05, 4.69) is 20.6 Å². The van der Waals surface area contributed by atoms with E-state index in [-0.39, 0.29) is 0 Å². The van der Waals surface area contributed by atoms with Crippen LogP contribution in [0.5, 0.6) is 5.75 Å². The van der Waals surface area contributed by atoms with Crippen molar-refractivity contribution in [1.82, 2.24) is 9.97 Å². The van der Waals surface area contributed by atoms with Gasteiger partial charge >= 0.3 is 5.97 Å². The minimum absolute atomic E-state index is 0.307. The Balaban J connectivity index is 1.87. The van der Waals surface area contributed by atoms with Crippen LogP contribution in [0, 0.1) is 0 Å². The van der Waals surface area contributed by atoms with Gasteiger partial charge in [-0.15, -0.1) is 0 Å². The van der Waals surface area contributed by atoms with Crippen LogP contribution in [0.15, 0.2) is 54.5 Å². The van der Waals surface area contributed by atoms with Crippen LogP contribution in [0.3, 0.4) is 0 Å². The number of carbonyl (C=O) groups excluding carboxylic acids is 1. The maximum atomic E-state index is 11.0. The quantitative estimate of drug-likeness (QED) is 0.433. The van der Waals surface area contributed by atoms with E-state index >= 15 is 0 Å². The summed E-state index contributed by atoms with van der Waals surface area (Å²) in [4.78, 5) is 30.4. The van der Waals surface area contributed by atoms with Crippen LogP contribution < -0.4 is 15.4 Å². The summed E-state index contributed by atoms with van der Waals surface area (Å²) in [7, 11) is 1.61. The third-order valence-corrected chi connectivity index (χ3v) is 3.84. The van der Waals surface area contributed by atoms with Crippen molar-refractivity contribution >= 4 is 34.3 Å². The van der Waals surface area contributed by atoms with Gasteiger partial charge in [0.15, 0.2) is 5.94 Å². The molecule has 8 nitrogen and oxygen atoms in total. The number of aromatic nitrogens is 2. The molecule has 1 aromatic carbocycles. The van der Waals surface area contributed by atoms with E-state index in [1.807, 2.05) is 30.3 Å². The van der Waals surface area contributed by atoms with Gasteiger partial charge < -0.3 is 20.5 Å². The molecule has 2 aromatic heterocycles. The second-order valence-corrected chi connectivity index (χ2v) is 5.53. The van der Waals surface area contributed by atoms with Gasteiger partial charge in [0, 0.05) is 18.1 Å². The van der Waals surface area contributed by atoms with Gasteiger partial charge in [-0.2, -0.15) is 0 Å². The van der Waals surface area contributed by atoms with Crippen molar-refractivity contribution in [2.45, 2.75) is 6.54 Å². The maximum absolute atomic E-state index is 11.0. The van der Waals surface area contributed by atoms with Gasteiger partial charge in [0.05, 0.1) is 24.5 Å². The standard InChI is InChI=1S/C19H16N4O4/c1-27-13-6-4-12(5-7-13)9-21-18-14-3-2-8-20-17(14)15(10-22-18)23-16(11-24)19(25)26/h2-8,10,23H,9H2,1H3,(H,21,22)(H,25,26). The van der Waals surface area contributed by atoms with Crippen LogP contribution in [-0.4, -0.2) is 34.1 Å². The van der Waals surface area contributed by atoms with Crippen molar-refractivity contribution in [1.29, 1.82) is 0 Å². The van der Waals surface area contributed by atoms with Crippen LogP contribution in [0.1, 0.15) is 5.56 Å². The minimum Gasteiger partial charge on any atom is -0.497 e. The summed E-state index contributed by atoms with van der Waals surface area (Å²) in [6.07, 6.45) is 3.00. The van der Waals surface area contributed by atoms with Crippen LogP contribution in [-0.2, 0) is 16.1 Å². The number of hydrogen-bond donors (Lipinski definition) is 3. The zero-order valence-electron chi connectivity index (χ0n) is 14.4. The van der Waals surface area contributed by atoms with Gasteiger partial charge in [0.2, 0.25) is 5.70 Å². The molecule has 0 saturated carbocycles. The van der Waals surface area contributed by atoms with Gasteiger partial charge in [-0.1, -0.05) is 12.1 Å². The van der Waals surface area contributed by atoms with Crippen molar-refractivity contribution in [2.75, 3.05) is 17.7 Å². The molecule has 2 heterocycles. The molecule has 0 amide bonds. The van der Waals surface area contributed by atoms with Crippen molar-refractivity contribution in [3.05, 3.63) is 60.1 Å². The van der Waals surface area contributed by atoms with Gasteiger partial charge in [0.25, 0.3) is 0 Å². The lowest BCUT2D eigenvalue weighted by Gasteiger charge is -2.12. The van der Waals surface area contributed by atoms with Crippen molar-refractivity contribution < 1.29 is 19.4 Å². The summed E-state index contributed by atoms with van der Waals surface area (Å²) >= 11 is 0. The summed E-state index contributed by atoms with van der Waals surface area (Å²) in [5.74, 6) is 1.32. The Morgan fingerprint density at radius 2 is 2.00 bits per heavy atom. The lowest BCUT2D eigenvalue weighted by molar-refractivity contribution is -0.132. The van der Waals surface area contributed by atoms with Crippen LogP contribution in [0.25, 0.3) is 10.9 Å². The van der Waals surface area contributed by atoms with Gasteiger partial charge in [-0.25, -0.2) is 14.6 Å². The molecule has 0 aliphatic carbocycles. The molecule has 0 saturated heterocycles. The average Bonchev–Trinajstić information content (AvgIpc) is 2.71. The normalized spacial score (nSPS) is 10.1. The Kier molecular flexibility index (Phi) is 5.30. The van der Waals surface area contributed by atoms with E-state index in [0.29, 0.717) is 29.0 Å². The highest BCUT2D eigenvalue weighted by molar-refractivity contribution is 6.03. The van der Waals surface area contributed by atoms with Gasteiger partial charge in [-0.3, -0.25) is 4.98 Å². The van der Waals surface area contributed by atoms with E-state index in [0.717, 1.165) is 11.3 Å². The number of carboxylic acid groups (broad SMARTS) is 1. The molecule has 0 aliphatic heterocycles. The van der Waals surface area contributed by atoms with Crippen molar-refractivity contribution in [3.63, 3.8) is 0 Å². The fourth-order valence-electron chi connectivity index (χ4n) is 2.49. The summed E-state index contributed by atoms with van der Waals surface area (Å²) in [5, 5.41) is 15.4. The Labute approximate surface area is 154 Å². The number of benzene rings is 1. The Morgan fingerprint density at radius 1 is 1.22 bits per heavy atom. The molecule has 136 valence electrons. The fraction of sp³-hybridized carbons (Fsp3) is 0.105. The third kappa shape index (κ3) is 4.02. The van der Waals surface area contributed by atoms with Gasteiger partial charge in [0.1, 0.15) is 11.6 Å². The molecule has 3 rings (SSSR count). The highest BCUT2D eigenvalue weighted by atomic mass is 16.5. The Morgan fingerprint density at radius 3 is 2.67 bits per heavy atom. The summed E-state index contributed by atoms with van der Waals surface area (Å²) in [6, 6.07) is 11.2. The molecular weight excluding hydrogens is 348 g/mol. The number of rotatable bonds is 7. The first kappa shape index (κ1) is 17.9. The predicted octanol–water partition coefficient (Wildman–Crippen LogP) is 2.46. The molecule has 27 heavy (non-hydrogen) atoms. The fourth-order valence-corrected chi connectivity index (χ4v) is 2.49. The molecule has 0 bridgehead atoms. The van der Waals surface area contributed by atoms with Crippen LogP contribution in [0.4, 0.5) is 11.5 Å². The van der Waals surface area contributed by atoms with E-state index in [1.165, 1.54) is 12.1 Å². The number of carboxylic acids is 1. The number of fused-ring (bicyclic) bond motifs is 1. The molecule has 0 spiro atoms. The molecule has 8 heteroatoms. The number of nitrogens with one attached hydrogen (secondary N) is 2. The zero-order valence-corrected chi connectivity index (χ0v) is 14.4. The van der Waals surface area contributed by atoms with E-state index in [9.17, 15) is 9.59 Å². The molecular formula is C19H16N4O4. The molecule has 3 N–H and O–H groups in total. The largest absolute Gasteiger partial charge is 0.497 e. The Hall–Kier alpha value is -3.90. The maximum Gasteiger partial charge on any atom is 0.364 e. The third-order valence-electron chi connectivity index (χ3n) is 3.84. The first-order valence-electron chi connectivity index (χ1n) is 7.98. The Bertz CT molecular complexity index is 1030. The number of pyridine rings is 2. The predicted molar refractivity (Wildman–Crippen MR) is 100 cm³/mol. The lowest BCUT2D eigenvalue weighted by atomic mass is 10.2. The number of methoxy groups -OCH3 is 1. The summed E-state index contributed by atoms with van der Waals surface area (Å²) in [6.45, 7) is 0.530. The van der Waals surface area contributed by atoms with E-state index < -0.39 is 11.7 Å². The second-order valence-electron chi connectivity index (χ2n) is 5.53. The monoisotopic (exact) mass is 364 g/mol. The molecule has 0 atom stereocenters. The molecule has 0 radical (unpaired) electrons. The molecule has 0 aliphatic rings. The number of nitrogens with zero attached hydrogens (tertiary/aromatic N) is 2. The van der Waals surface area contributed by atoms with Crippen molar-refractivity contribution in [2.24, 2.45) is 0 Å². The van der Waals surface area contributed by atoms with Crippen molar-refractivity contribution in [3.8, 4) is 5.75 Å². The van der Waals surface area contributed by atoms with E-state index in [4.69, 9.17) is 9.84 Å². The first-order chi connectivity index (χ1) is 13.1. The van der Waals surface area contributed by atoms with Crippen LogP contribution >= 0.6 is 0 Å². The summed E-state index contributed by atoms with van der Waals surface area (Å²) < 4.78 is 5.14. The lowest BCUT2D eigenvalue weighted by Crippen LogP contribution is -2.12. The van der Waals surface area contributed by atoms with E-state index in [1.54, 1.807) is 19.4 Å². The zero-order chi connectivity index (χ0) is 19.2. The smallest absolute Gasteiger partial charge is 0.364 e. The highest BCUT2D eigenvalue weighted by Gasteiger charge is 2.13. The topological polar surface area (TPSA) is 113 Å². The summed E-state index contributed by atoms with van der Waals surface area (Å²) in [5.41, 5.74) is 1.22. The SMILES string of the molecule is COc1ccc(CNc2ncc(NC(=C=O)C(=O)O)c3ncccc23)cc1. The molecule has 0 fully saturated rings. The van der Waals surface area contributed by atoms with Gasteiger partial charge in [-0.05, 0) is 29.8 Å². The highest BCUT2D eigenvalue weighted by Crippen LogP contribution is 2.27. The van der Waals surface area contributed by atoms with Crippen LogP contribution in [0.2, 0.25) is 0 Å². The first-order valence-corrected chi connectivity index (χ1v) is 7.98. The number of carbonyl (C=O) groups is 1. The molecule has 0 unspecified atom stereocenters. The number of aliphatic carboxylic acids is 1.